The van der Waals surface area contributed by atoms with Crippen LogP contribution in [0.4, 0.5) is 0 Å². The number of nitroso groups, excluding NO2 is 1. The SMILES string of the molecule is Cc1ccccc1[C@H](CC(N=O)c1ccc(=O)n(C)c1)c1ccc(-c2nn[nH]n2)cc1. The number of nitrogens with zero attached hydrogens (tertiary/aromatic N) is 5. The second-order valence-corrected chi connectivity index (χ2v) is 7.54. The molecule has 0 radical (unpaired) electrons. The molecule has 2 aromatic carbocycles. The maximum atomic E-state index is 11.8. The zero-order valence-corrected chi connectivity index (χ0v) is 17.3. The molecule has 1 N–H and O–H groups in total. The molecule has 31 heavy (non-hydrogen) atoms. The monoisotopic (exact) mass is 414 g/mol. The average molecular weight is 414 g/mol. The number of benzene rings is 2. The minimum absolute atomic E-state index is 0.0551. The fourth-order valence-electron chi connectivity index (χ4n) is 3.84. The Bertz CT molecular complexity index is 1230. The third kappa shape index (κ3) is 4.32. The van der Waals surface area contributed by atoms with Gasteiger partial charge in [0.15, 0.2) is 0 Å². The third-order valence-electron chi connectivity index (χ3n) is 5.56. The molecule has 1 unspecified atom stereocenters. The summed E-state index contributed by atoms with van der Waals surface area (Å²) in [5.74, 6) is 0.470. The van der Waals surface area contributed by atoms with E-state index in [1.54, 1.807) is 19.3 Å². The van der Waals surface area contributed by atoms with Gasteiger partial charge in [-0.05, 0) is 46.9 Å². The van der Waals surface area contributed by atoms with Crippen LogP contribution in [0.1, 0.15) is 40.6 Å². The van der Waals surface area contributed by atoms with Crippen LogP contribution in [0.5, 0.6) is 0 Å². The summed E-state index contributed by atoms with van der Waals surface area (Å²) in [5.41, 5.74) is 4.78. The lowest BCUT2D eigenvalue weighted by atomic mass is 9.82. The van der Waals surface area contributed by atoms with E-state index in [2.05, 4.69) is 44.9 Å². The summed E-state index contributed by atoms with van der Waals surface area (Å²) in [6.07, 6.45) is 2.16. The molecule has 4 rings (SSSR count). The lowest BCUT2D eigenvalue weighted by Crippen LogP contribution is -2.16. The molecule has 2 heterocycles. The molecule has 156 valence electrons. The second-order valence-electron chi connectivity index (χ2n) is 7.54. The molecule has 0 aliphatic heterocycles. The predicted molar refractivity (Wildman–Crippen MR) is 117 cm³/mol. The Morgan fingerprint density at radius 1 is 1.03 bits per heavy atom. The number of aryl methyl sites for hydroxylation is 2. The first-order valence-corrected chi connectivity index (χ1v) is 9.95. The molecular weight excluding hydrogens is 392 g/mol. The Balaban J connectivity index is 1.72. The van der Waals surface area contributed by atoms with Crippen molar-refractivity contribution in [2.45, 2.75) is 25.3 Å². The maximum Gasteiger partial charge on any atom is 0.250 e. The van der Waals surface area contributed by atoms with Gasteiger partial charge in [0.1, 0.15) is 6.04 Å². The highest BCUT2D eigenvalue weighted by atomic mass is 16.3. The van der Waals surface area contributed by atoms with E-state index in [1.807, 2.05) is 36.4 Å². The van der Waals surface area contributed by atoms with E-state index in [-0.39, 0.29) is 11.5 Å². The van der Waals surface area contributed by atoms with E-state index < -0.39 is 6.04 Å². The Morgan fingerprint density at radius 3 is 2.42 bits per heavy atom. The van der Waals surface area contributed by atoms with Crippen LogP contribution in [0.25, 0.3) is 11.4 Å². The fourth-order valence-corrected chi connectivity index (χ4v) is 3.84. The number of H-pyrrole nitrogens is 1. The van der Waals surface area contributed by atoms with Gasteiger partial charge in [0, 0.05) is 30.8 Å². The molecule has 0 amide bonds. The van der Waals surface area contributed by atoms with Crippen molar-refractivity contribution >= 4 is 0 Å². The lowest BCUT2D eigenvalue weighted by Gasteiger charge is -2.23. The summed E-state index contributed by atoms with van der Waals surface area (Å²) in [6.45, 7) is 2.06. The van der Waals surface area contributed by atoms with Crippen molar-refractivity contribution in [3.05, 3.63) is 104 Å². The molecule has 4 aromatic rings. The number of aromatic nitrogens is 5. The highest BCUT2D eigenvalue weighted by Gasteiger charge is 2.24. The number of aromatic amines is 1. The predicted octanol–water partition coefficient (Wildman–Crippen LogP) is 3.90. The highest BCUT2D eigenvalue weighted by molar-refractivity contribution is 5.55. The molecule has 0 spiro atoms. The molecule has 0 aliphatic rings. The molecule has 8 heteroatoms. The van der Waals surface area contributed by atoms with Crippen molar-refractivity contribution in [3.63, 3.8) is 0 Å². The highest BCUT2D eigenvalue weighted by Crippen LogP contribution is 2.37. The first-order chi connectivity index (χ1) is 15.1. The zero-order valence-electron chi connectivity index (χ0n) is 17.3. The zero-order chi connectivity index (χ0) is 21.8. The molecule has 0 saturated carbocycles. The molecular formula is C23H22N6O2. The van der Waals surface area contributed by atoms with Gasteiger partial charge in [-0.1, -0.05) is 53.7 Å². The minimum atomic E-state index is -0.590. The van der Waals surface area contributed by atoms with Crippen molar-refractivity contribution in [3.8, 4) is 11.4 Å². The van der Waals surface area contributed by atoms with E-state index in [4.69, 9.17) is 0 Å². The van der Waals surface area contributed by atoms with E-state index >= 15 is 0 Å². The van der Waals surface area contributed by atoms with Crippen molar-refractivity contribution in [2.24, 2.45) is 12.2 Å². The van der Waals surface area contributed by atoms with Crippen molar-refractivity contribution in [1.29, 1.82) is 0 Å². The second kappa shape index (κ2) is 8.83. The average Bonchev–Trinajstić information content (AvgIpc) is 3.33. The first kappa shape index (κ1) is 20.3. The van der Waals surface area contributed by atoms with E-state index in [0.29, 0.717) is 12.2 Å². The molecule has 0 bridgehead atoms. The standard InChI is InChI=1S/C23H22N6O2/c1-15-5-3-4-6-19(15)20(13-21(26-31)18-11-12-22(30)29(2)14-18)16-7-9-17(10-8-16)23-24-27-28-25-23/h3-12,14,20-21H,13H2,1-2H3,(H,24,25,27,28)/t20-,21?/m1/s1. The van der Waals surface area contributed by atoms with Crippen LogP contribution in [0.3, 0.4) is 0 Å². The van der Waals surface area contributed by atoms with Gasteiger partial charge in [-0.3, -0.25) is 4.79 Å². The van der Waals surface area contributed by atoms with Crippen LogP contribution >= 0.6 is 0 Å². The van der Waals surface area contributed by atoms with E-state index in [1.165, 1.54) is 10.6 Å². The van der Waals surface area contributed by atoms with Gasteiger partial charge in [-0.25, -0.2) is 0 Å². The largest absolute Gasteiger partial charge is 0.318 e. The van der Waals surface area contributed by atoms with Gasteiger partial charge >= 0.3 is 0 Å². The van der Waals surface area contributed by atoms with E-state index in [0.717, 1.165) is 27.8 Å². The van der Waals surface area contributed by atoms with Gasteiger partial charge in [0.2, 0.25) is 11.4 Å². The van der Waals surface area contributed by atoms with Gasteiger partial charge < -0.3 is 4.57 Å². The van der Waals surface area contributed by atoms with Crippen LogP contribution in [-0.2, 0) is 7.05 Å². The number of nitrogens with one attached hydrogen (secondary N) is 1. The number of rotatable bonds is 7. The maximum absolute atomic E-state index is 11.8. The first-order valence-electron chi connectivity index (χ1n) is 9.95. The topological polar surface area (TPSA) is 106 Å². The summed E-state index contributed by atoms with van der Waals surface area (Å²) < 4.78 is 1.47. The Morgan fingerprint density at radius 2 is 1.77 bits per heavy atom. The summed E-state index contributed by atoms with van der Waals surface area (Å²) >= 11 is 0. The molecule has 8 nitrogen and oxygen atoms in total. The quantitative estimate of drug-likeness (QED) is 0.462. The normalized spacial score (nSPS) is 13.0. The van der Waals surface area contributed by atoms with Gasteiger partial charge in [-0.15, -0.1) is 10.2 Å². The molecule has 0 saturated heterocycles. The molecule has 2 atom stereocenters. The van der Waals surface area contributed by atoms with Gasteiger partial charge in [0.05, 0.1) is 0 Å². The van der Waals surface area contributed by atoms with Crippen LogP contribution < -0.4 is 5.56 Å². The number of pyridine rings is 1. The van der Waals surface area contributed by atoms with Crippen molar-refractivity contribution in [2.75, 3.05) is 0 Å². The number of hydrogen-bond acceptors (Lipinski definition) is 6. The summed E-state index contributed by atoms with van der Waals surface area (Å²) in [6, 6.07) is 18.6. The van der Waals surface area contributed by atoms with Crippen LogP contribution in [-0.4, -0.2) is 25.2 Å². The van der Waals surface area contributed by atoms with Crippen molar-refractivity contribution in [1.82, 2.24) is 25.2 Å². The Labute approximate surface area is 178 Å². The smallest absolute Gasteiger partial charge is 0.250 e. The van der Waals surface area contributed by atoms with Gasteiger partial charge in [0.25, 0.3) is 0 Å². The minimum Gasteiger partial charge on any atom is -0.318 e. The number of hydrogen-bond donors (Lipinski definition) is 1. The summed E-state index contributed by atoms with van der Waals surface area (Å²) in [5, 5.41) is 17.5. The Hall–Kier alpha value is -3.94. The van der Waals surface area contributed by atoms with Crippen LogP contribution in [0.2, 0.25) is 0 Å². The Kier molecular flexibility index (Phi) is 5.79. The van der Waals surface area contributed by atoms with Crippen LogP contribution in [0, 0.1) is 11.8 Å². The number of tetrazole rings is 1. The summed E-state index contributed by atoms with van der Waals surface area (Å²) in [7, 11) is 1.67. The lowest BCUT2D eigenvalue weighted by molar-refractivity contribution is 0.587. The molecule has 0 aliphatic carbocycles. The third-order valence-corrected chi connectivity index (χ3v) is 5.56. The summed E-state index contributed by atoms with van der Waals surface area (Å²) in [4.78, 5) is 23.6. The van der Waals surface area contributed by atoms with Crippen LogP contribution in [0.15, 0.2) is 76.8 Å². The fraction of sp³-hybridized carbons (Fsp3) is 0.217. The van der Waals surface area contributed by atoms with Gasteiger partial charge in [-0.2, -0.15) is 10.1 Å². The van der Waals surface area contributed by atoms with Crippen molar-refractivity contribution < 1.29 is 0 Å². The van der Waals surface area contributed by atoms with E-state index in [9.17, 15) is 9.70 Å². The molecule has 0 fully saturated rings. The molecule has 2 aromatic heterocycles.